The van der Waals surface area contributed by atoms with Gasteiger partial charge >= 0.3 is 0 Å². The molecular formula is C24H26N2O. The minimum Gasteiger partial charge on any atom is -0.339 e. The Morgan fingerprint density at radius 2 is 1.63 bits per heavy atom. The molecule has 1 amide bonds. The second-order valence-electron chi connectivity index (χ2n) is 7.84. The van der Waals surface area contributed by atoms with Crippen molar-refractivity contribution in [2.24, 2.45) is 0 Å². The number of carbonyl (C=O) groups is 1. The Morgan fingerprint density at radius 3 is 2.22 bits per heavy atom. The standard InChI is InChI=1S/C24H26N2O/c1-2-18-15-22(20-7-8-20)9-10-23(18)24(27)26-13-11-21(12-14-26)19-5-3-17(16-25)4-6-19/h3-6,9-10,15,20-21H,2,7-8,11-14H2,1H3. The second kappa shape index (κ2) is 7.56. The van der Waals surface area contributed by atoms with Gasteiger partial charge in [0.2, 0.25) is 0 Å². The van der Waals surface area contributed by atoms with Crippen LogP contribution in [0.15, 0.2) is 42.5 Å². The van der Waals surface area contributed by atoms with E-state index in [1.807, 2.05) is 17.0 Å². The maximum Gasteiger partial charge on any atom is 0.254 e. The minimum absolute atomic E-state index is 0.187. The summed E-state index contributed by atoms with van der Waals surface area (Å²) in [6, 6.07) is 16.6. The van der Waals surface area contributed by atoms with E-state index in [0.29, 0.717) is 11.5 Å². The number of nitriles is 1. The van der Waals surface area contributed by atoms with E-state index in [0.717, 1.165) is 43.8 Å². The lowest BCUT2D eigenvalue weighted by atomic mass is 9.88. The maximum atomic E-state index is 13.1. The van der Waals surface area contributed by atoms with Gasteiger partial charge in [0.15, 0.2) is 0 Å². The third-order valence-corrected chi connectivity index (χ3v) is 6.08. The molecular weight excluding hydrogens is 332 g/mol. The smallest absolute Gasteiger partial charge is 0.254 e. The molecule has 3 heteroatoms. The highest BCUT2D eigenvalue weighted by Gasteiger charge is 2.27. The average molecular weight is 358 g/mol. The highest BCUT2D eigenvalue weighted by atomic mass is 16.2. The fourth-order valence-electron chi connectivity index (χ4n) is 4.20. The predicted octanol–water partition coefficient (Wildman–Crippen LogP) is 5.02. The average Bonchev–Trinajstić information content (AvgIpc) is 3.58. The van der Waals surface area contributed by atoms with Crippen molar-refractivity contribution in [3.05, 3.63) is 70.3 Å². The Balaban J connectivity index is 1.43. The number of nitrogens with zero attached hydrogens (tertiary/aromatic N) is 2. The van der Waals surface area contributed by atoms with Crippen molar-refractivity contribution in [2.45, 2.75) is 50.9 Å². The van der Waals surface area contributed by atoms with Gasteiger partial charge in [0.05, 0.1) is 11.6 Å². The van der Waals surface area contributed by atoms with Gasteiger partial charge in [-0.05, 0) is 78.8 Å². The number of likely N-dealkylation sites (tertiary alicyclic amines) is 1. The van der Waals surface area contributed by atoms with Crippen molar-refractivity contribution < 1.29 is 4.79 Å². The largest absolute Gasteiger partial charge is 0.339 e. The fraction of sp³-hybridized carbons (Fsp3) is 0.417. The summed E-state index contributed by atoms with van der Waals surface area (Å²) < 4.78 is 0. The number of aryl methyl sites for hydroxylation is 1. The van der Waals surface area contributed by atoms with Gasteiger partial charge in [-0.3, -0.25) is 4.79 Å². The topological polar surface area (TPSA) is 44.1 Å². The first-order chi connectivity index (χ1) is 13.2. The van der Waals surface area contributed by atoms with E-state index in [-0.39, 0.29) is 5.91 Å². The van der Waals surface area contributed by atoms with Crippen LogP contribution in [0.5, 0.6) is 0 Å². The SMILES string of the molecule is CCc1cc(C2CC2)ccc1C(=O)N1CCC(c2ccc(C#N)cc2)CC1. The van der Waals surface area contributed by atoms with Crippen molar-refractivity contribution in [3.63, 3.8) is 0 Å². The molecule has 2 fully saturated rings. The summed E-state index contributed by atoms with van der Waals surface area (Å²) in [7, 11) is 0. The summed E-state index contributed by atoms with van der Waals surface area (Å²) in [5, 5.41) is 8.94. The fourth-order valence-corrected chi connectivity index (χ4v) is 4.20. The molecule has 1 saturated carbocycles. The van der Waals surface area contributed by atoms with E-state index in [1.165, 1.54) is 29.5 Å². The number of carbonyl (C=O) groups excluding carboxylic acids is 1. The van der Waals surface area contributed by atoms with Gasteiger partial charge in [-0.25, -0.2) is 0 Å². The molecule has 0 unspecified atom stereocenters. The highest BCUT2D eigenvalue weighted by Crippen LogP contribution is 2.40. The third-order valence-electron chi connectivity index (χ3n) is 6.08. The number of piperidine rings is 1. The van der Waals surface area contributed by atoms with E-state index in [4.69, 9.17) is 5.26 Å². The zero-order valence-electron chi connectivity index (χ0n) is 15.9. The molecule has 1 aliphatic heterocycles. The van der Waals surface area contributed by atoms with Gasteiger partial charge in [0.25, 0.3) is 5.91 Å². The Kier molecular flexibility index (Phi) is 4.99. The Labute approximate surface area is 161 Å². The first kappa shape index (κ1) is 17.8. The summed E-state index contributed by atoms with van der Waals surface area (Å²) in [5.41, 5.74) is 5.47. The molecule has 0 aromatic heterocycles. The molecule has 0 spiro atoms. The molecule has 2 aliphatic rings. The Hall–Kier alpha value is -2.60. The molecule has 3 nitrogen and oxygen atoms in total. The zero-order valence-corrected chi connectivity index (χ0v) is 15.9. The van der Waals surface area contributed by atoms with Crippen LogP contribution in [0.1, 0.15) is 77.1 Å². The van der Waals surface area contributed by atoms with Crippen LogP contribution in [0.25, 0.3) is 0 Å². The normalized spacial score (nSPS) is 17.6. The van der Waals surface area contributed by atoms with Crippen LogP contribution in [0.2, 0.25) is 0 Å². The molecule has 0 radical (unpaired) electrons. The van der Waals surface area contributed by atoms with Crippen molar-refractivity contribution in [1.29, 1.82) is 5.26 Å². The maximum absolute atomic E-state index is 13.1. The van der Waals surface area contributed by atoms with E-state index in [1.54, 1.807) is 0 Å². The van der Waals surface area contributed by atoms with Gasteiger partial charge in [0, 0.05) is 18.7 Å². The molecule has 1 saturated heterocycles. The number of hydrogen-bond donors (Lipinski definition) is 0. The number of amides is 1. The Morgan fingerprint density at radius 1 is 1.00 bits per heavy atom. The lowest BCUT2D eigenvalue weighted by molar-refractivity contribution is 0.0712. The summed E-state index contributed by atoms with van der Waals surface area (Å²) in [6.07, 6.45) is 5.46. The van der Waals surface area contributed by atoms with Gasteiger partial charge in [0.1, 0.15) is 0 Å². The van der Waals surface area contributed by atoms with Crippen LogP contribution in [0.3, 0.4) is 0 Å². The van der Waals surface area contributed by atoms with Crippen LogP contribution < -0.4 is 0 Å². The van der Waals surface area contributed by atoms with Crippen molar-refractivity contribution in [2.75, 3.05) is 13.1 Å². The lowest BCUT2D eigenvalue weighted by Crippen LogP contribution is -2.38. The van der Waals surface area contributed by atoms with Crippen LogP contribution in [-0.2, 0) is 6.42 Å². The highest BCUT2D eigenvalue weighted by molar-refractivity contribution is 5.96. The lowest BCUT2D eigenvalue weighted by Gasteiger charge is -2.33. The molecule has 0 atom stereocenters. The molecule has 27 heavy (non-hydrogen) atoms. The van der Waals surface area contributed by atoms with Gasteiger partial charge in [-0.1, -0.05) is 31.2 Å². The molecule has 1 aliphatic carbocycles. The first-order valence-electron chi connectivity index (χ1n) is 10.1. The Bertz CT molecular complexity index is 866. The molecule has 0 bridgehead atoms. The van der Waals surface area contributed by atoms with Crippen LogP contribution in [0, 0.1) is 11.3 Å². The summed E-state index contributed by atoms with van der Waals surface area (Å²) >= 11 is 0. The quantitative estimate of drug-likeness (QED) is 0.770. The number of hydrogen-bond acceptors (Lipinski definition) is 2. The monoisotopic (exact) mass is 358 g/mol. The van der Waals surface area contributed by atoms with Gasteiger partial charge in [-0.2, -0.15) is 5.26 Å². The molecule has 2 aromatic carbocycles. The zero-order chi connectivity index (χ0) is 18.8. The van der Waals surface area contributed by atoms with Crippen LogP contribution in [0.4, 0.5) is 0 Å². The molecule has 2 aromatic rings. The third kappa shape index (κ3) is 3.76. The molecule has 0 N–H and O–H groups in total. The van der Waals surface area contributed by atoms with Gasteiger partial charge < -0.3 is 4.90 Å². The predicted molar refractivity (Wildman–Crippen MR) is 107 cm³/mol. The van der Waals surface area contributed by atoms with E-state index in [9.17, 15) is 4.79 Å². The van der Waals surface area contributed by atoms with E-state index >= 15 is 0 Å². The second-order valence-corrected chi connectivity index (χ2v) is 7.84. The molecule has 138 valence electrons. The first-order valence-corrected chi connectivity index (χ1v) is 10.1. The van der Waals surface area contributed by atoms with Crippen molar-refractivity contribution in [1.82, 2.24) is 4.90 Å². The number of benzene rings is 2. The molecule has 4 rings (SSSR count). The molecule has 1 heterocycles. The summed E-state index contributed by atoms with van der Waals surface area (Å²) in [6.45, 7) is 3.74. The summed E-state index contributed by atoms with van der Waals surface area (Å²) in [5.74, 6) is 1.39. The van der Waals surface area contributed by atoms with E-state index in [2.05, 4.69) is 43.3 Å². The summed E-state index contributed by atoms with van der Waals surface area (Å²) in [4.78, 5) is 15.1. The van der Waals surface area contributed by atoms with Gasteiger partial charge in [-0.15, -0.1) is 0 Å². The van der Waals surface area contributed by atoms with E-state index < -0.39 is 0 Å². The van der Waals surface area contributed by atoms with Crippen molar-refractivity contribution in [3.8, 4) is 6.07 Å². The minimum atomic E-state index is 0.187. The number of rotatable bonds is 4. The van der Waals surface area contributed by atoms with Crippen LogP contribution in [-0.4, -0.2) is 23.9 Å². The van der Waals surface area contributed by atoms with Crippen molar-refractivity contribution >= 4 is 5.91 Å². The van der Waals surface area contributed by atoms with Crippen LogP contribution >= 0.6 is 0 Å².